The van der Waals surface area contributed by atoms with Crippen molar-refractivity contribution >= 4 is 33.1 Å². The molecule has 6 nitrogen and oxygen atoms in total. The van der Waals surface area contributed by atoms with Crippen LogP contribution in [0.2, 0.25) is 0 Å². The van der Waals surface area contributed by atoms with Gasteiger partial charge in [-0.3, -0.25) is 14.3 Å². The largest absolute Gasteiger partial charge is 0.322 e. The molecule has 0 aliphatic heterocycles. The average molecular weight is 420 g/mol. The van der Waals surface area contributed by atoms with Gasteiger partial charge in [-0.1, -0.05) is 30.3 Å². The second kappa shape index (κ2) is 7.42. The molecule has 0 saturated carbocycles. The summed E-state index contributed by atoms with van der Waals surface area (Å²) in [6.07, 6.45) is 0. The first-order valence-electron chi connectivity index (χ1n) is 9.49. The molecule has 30 heavy (non-hydrogen) atoms. The standard InChI is InChI=1S/C23H20N2O4S/c1-3-30(28,29)25-21-11-9-16(12-14(21)2)24-23(27)15-8-10-18-17-6-4-5-7-19(17)22(26)20(18)13-15/h4-13,25H,3H2,1-2H3,(H,24,27). The van der Waals surface area contributed by atoms with E-state index in [2.05, 4.69) is 10.0 Å². The topological polar surface area (TPSA) is 92.3 Å². The molecule has 0 spiro atoms. The molecule has 7 heteroatoms. The Kier molecular flexibility index (Phi) is 4.91. The smallest absolute Gasteiger partial charge is 0.255 e. The molecule has 0 fully saturated rings. The normalized spacial score (nSPS) is 12.3. The molecular weight excluding hydrogens is 400 g/mol. The minimum absolute atomic E-state index is 0.0220. The van der Waals surface area contributed by atoms with Gasteiger partial charge in [0.15, 0.2) is 5.78 Å². The number of carbonyl (C=O) groups is 2. The van der Waals surface area contributed by atoms with Crippen molar-refractivity contribution in [3.63, 3.8) is 0 Å². The maximum absolute atomic E-state index is 12.7. The Morgan fingerprint density at radius 2 is 1.60 bits per heavy atom. The lowest BCUT2D eigenvalue weighted by molar-refractivity contribution is 0.102. The van der Waals surface area contributed by atoms with E-state index in [9.17, 15) is 18.0 Å². The summed E-state index contributed by atoms with van der Waals surface area (Å²) < 4.78 is 26.0. The lowest BCUT2D eigenvalue weighted by Gasteiger charge is -2.12. The van der Waals surface area contributed by atoms with Crippen LogP contribution in [0, 0.1) is 6.92 Å². The molecule has 152 valence electrons. The number of hydrogen-bond acceptors (Lipinski definition) is 4. The predicted octanol–water partition coefficient (Wildman–Crippen LogP) is 4.22. The average Bonchev–Trinajstić information content (AvgIpc) is 3.02. The van der Waals surface area contributed by atoms with E-state index in [-0.39, 0.29) is 17.4 Å². The van der Waals surface area contributed by atoms with Gasteiger partial charge in [-0.05, 0) is 60.9 Å². The highest BCUT2D eigenvalue weighted by Gasteiger charge is 2.27. The van der Waals surface area contributed by atoms with E-state index in [4.69, 9.17) is 0 Å². The number of ketones is 1. The lowest BCUT2D eigenvalue weighted by Crippen LogP contribution is -2.16. The molecule has 3 aromatic carbocycles. The van der Waals surface area contributed by atoms with Crippen molar-refractivity contribution < 1.29 is 18.0 Å². The number of benzene rings is 3. The highest BCUT2D eigenvalue weighted by atomic mass is 32.2. The maximum Gasteiger partial charge on any atom is 0.255 e. The summed E-state index contributed by atoms with van der Waals surface area (Å²) in [7, 11) is -3.38. The molecule has 0 saturated heterocycles. The molecule has 0 radical (unpaired) electrons. The van der Waals surface area contributed by atoms with Crippen molar-refractivity contribution in [2.24, 2.45) is 0 Å². The third-order valence-corrected chi connectivity index (χ3v) is 6.41. The fourth-order valence-electron chi connectivity index (χ4n) is 3.47. The van der Waals surface area contributed by atoms with Crippen LogP contribution in [-0.4, -0.2) is 25.9 Å². The SMILES string of the molecule is CCS(=O)(=O)Nc1ccc(NC(=O)c2ccc3c(c2)C(=O)c2ccccc2-3)cc1C. The second-order valence-corrected chi connectivity index (χ2v) is 9.14. The van der Waals surface area contributed by atoms with Crippen LogP contribution in [0.25, 0.3) is 11.1 Å². The van der Waals surface area contributed by atoms with E-state index in [1.54, 1.807) is 56.3 Å². The number of fused-ring (bicyclic) bond motifs is 3. The zero-order valence-corrected chi connectivity index (χ0v) is 17.3. The molecule has 0 heterocycles. The number of amides is 1. The number of hydrogen-bond donors (Lipinski definition) is 2. The fraction of sp³-hybridized carbons (Fsp3) is 0.130. The van der Waals surface area contributed by atoms with Crippen molar-refractivity contribution in [3.05, 3.63) is 82.9 Å². The molecule has 1 aliphatic rings. The minimum atomic E-state index is -3.38. The monoisotopic (exact) mass is 420 g/mol. The van der Waals surface area contributed by atoms with Crippen LogP contribution < -0.4 is 10.0 Å². The summed E-state index contributed by atoms with van der Waals surface area (Å²) in [6, 6.07) is 17.4. The van der Waals surface area contributed by atoms with Gasteiger partial charge in [-0.2, -0.15) is 0 Å². The number of rotatable bonds is 5. The summed E-state index contributed by atoms with van der Waals surface area (Å²) in [6.45, 7) is 3.32. The van der Waals surface area contributed by atoms with Gasteiger partial charge in [-0.15, -0.1) is 0 Å². The zero-order chi connectivity index (χ0) is 21.5. The minimum Gasteiger partial charge on any atom is -0.322 e. The van der Waals surface area contributed by atoms with Gasteiger partial charge in [0.1, 0.15) is 0 Å². The lowest BCUT2D eigenvalue weighted by atomic mass is 10.0. The van der Waals surface area contributed by atoms with Crippen LogP contribution in [0.3, 0.4) is 0 Å². The van der Waals surface area contributed by atoms with E-state index in [1.165, 1.54) is 0 Å². The van der Waals surface area contributed by atoms with E-state index >= 15 is 0 Å². The maximum atomic E-state index is 12.7. The highest BCUT2D eigenvalue weighted by molar-refractivity contribution is 7.92. The Morgan fingerprint density at radius 1 is 0.900 bits per heavy atom. The third-order valence-electron chi connectivity index (χ3n) is 5.12. The van der Waals surface area contributed by atoms with Crippen LogP contribution >= 0.6 is 0 Å². The van der Waals surface area contributed by atoms with Crippen molar-refractivity contribution in [2.75, 3.05) is 15.8 Å². The van der Waals surface area contributed by atoms with Crippen molar-refractivity contribution in [2.45, 2.75) is 13.8 Å². The van der Waals surface area contributed by atoms with Crippen LogP contribution in [0.4, 0.5) is 11.4 Å². The first kappa shape index (κ1) is 19.8. The van der Waals surface area contributed by atoms with Crippen molar-refractivity contribution in [3.8, 4) is 11.1 Å². The Labute approximate surface area is 175 Å². The molecule has 0 unspecified atom stereocenters. The molecule has 2 N–H and O–H groups in total. The van der Waals surface area contributed by atoms with E-state index in [0.29, 0.717) is 33.6 Å². The van der Waals surface area contributed by atoms with Gasteiger partial charge < -0.3 is 5.32 Å². The number of aryl methyl sites for hydroxylation is 1. The Balaban J connectivity index is 1.56. The van der Waals surface area contributed by atoms with Gasteiger partial charge in [0, 0.05) is 22.4 Å². The predicted molar refractivity (Wildman–Crippen MR) is 118 cm³/mol. The third kappa shape index (κ3) is 3.59. The van der Waals surface area contributed by atoms with Gasteiger partial charge in [0.05, 0.1) is 11.4 Å². The summed E-state index contributed by atoms with van der Waals surface area (Å²) in [5, 5.41) is 2.80. The van der Waals surface area contributed by atoms with Crippen LogP contribution in [-0.2, 0) is 10.0 Å². The summed E-state index contributed by atoms with van der Waals surface area (Å²) >= 11 is 0. The van der Waals surface area contributed by atoms with Gasteiger partial charge in [0.2, 0.25) is 10.0 Å². The second-order valence-electron chi connectivity index (χ2n) is 7.12. The Morgan fingerprint density at radius 3 is 2.30 bits per heavy atom. The summed E-state index contributed by atoms with van der Waals surface area (Å²) in [5.41, 5.74) is 4.94. The van der Waals surface area contributed by atoms with E-state index < -0.39 is 10.0 Å². The molecule has 0 atom stereocenters. The Hall–Kier alpha value is -3.45. The van der Waals surface area contributed by atoms with Gasteiger partial charge in [-0.25, -0.2) is 8.42 Å². The highest BCUT2D eigenvalue weighted by Crippen LogP contribution is 2.36. The molecule has 0 bridgehead atoms. The quantitative estimate of drug-likeness (QED) is 0.506. The number of sulfonamides is 1. The van der Waals surface area contributed by atoms with Crippen LogP contribution in [0.1, 0.15) is 38.8 Å². The number of carbonyl (C=O) groups excluding carboxylic acids is 2. The summed E-state index contributed by atoms with van der Waals surface area (Å²) in [4.78, 5) is 25.4. The molecule has 4 rings (SSSR count). The number of nitrogens with one attached hydrogen (secondary N) is 2. The first-order valence-corrected chi connectivity index (χ1v) is 11.1. The first-order chi connectivity index (χ1) is 14.3. The zero-order valence-electron chi connectivity index (χ0n) is 16.5. The molecule has 0 aromatic heterocycles. The van der Waals surface area contributed by atoms with E-state index in [0.717, 1.165) is 11.1 Å². The van der Waals surface area contributed by atoms with Crippen LogP contribution in [0.15, 0.2) is 60.7 Å². The van der Waals surface area contributed by atoms with Gasteiger partial charge >= 0.3 is 0 Å². The fourth-order valence-corrected chi connectivity index (χ4v) is 4.18. The van der Waals surface area contributed by atoms with Gasteiger partial charge in [0.25, 0.3) is 5.91 Å². The number of anilines is 2. The summed E-state index contributed by atoms with van der Waals surface area (Å²) in [5.74, 6) is -0.451. The molecule has 3 aromatic rings. The van der Waals surface area contributed by atoms with Crippen molar-refractivity contribution in [1.29, 1.82) is 0 Å². The molecule has 1 amide bonds. The van der Waals surface area contributed by atoms with Crippen molar-refractivity contribution in [1.82, 2.24) is 0 Å². The van der Waals surface area contributed by atoms with Crippen LogP contribution in [0.5, 0.6) is 0 Å². The molecule has 1 aliphatic carbocycles. The van der Waals surface area contributed by atoms with E-state index in [1.807, 2.05) is 18.2 Å². The Bertz CT molecular complexity index is 1300. The molecular formula is C23H20N2O4S.